The van der Waals surface area contributed by atoms with Crippen molar-refractivity contribution in [1.82, 2.24) is 4.57 Å². The van der Waals surface area contributed by atoms with Gasteiger partial charge in [0, 0.05) is 29.2 Å². The van der Waals surface area contributed by atoms with E-state index in [1.165, 1.54) is 49.4 Å². The largest absolute Gasteiger partial charge is 0.392 e. The summed E-state index contributed by atoms with van der Waals surface area (Å²) in [6.07, 6.45) is 10.0. The van der Waals surface area contributed by atoms with Crippen LogP contribution in [-0.4, -0.2) is 9.67 Å². The van der Waals surface area contributed by atoms with Gasteiger partial charge in [-0.1, -0.05) is 57.2 Å². The third-order valence-corrected chi connectivity index (χ3v) is 3.79. The van der Waals surface area contributed by atoms with E-state index in [-0.39, 0.29) is 6.61 Å². The van der Waals surface area contributed by atoms with E-state index in [1.54, 1.807) is 0 Å². The Morgan fingerprint density at radius 1 is 1.00 bits per heavy atom. The first-order chi connectivity index (χ1) is 9.36. The van der Waals surface area contributed by atoms with Crippen LogP contribution >= 0.6 is 0 Å². The Balaban J connectivity index is 1.93. The summed E-state index contributed by atoms with van der Waals surface area (Å²) < 4.78 is 2.29. The van der Waals surface area contributed by atoms with E-state index in [4.69, 9.17) is 0 Å². The molecule has 104 valence electrons. The molecule has 0 atom stereocenters. The molecule has 19 heavy (non-hydrogen) atoms. The standard InChI is InChI=1S/C17H25NO/c1-2-3-4-5-6-9-12-18-13-15(14-19)16-10-7-8-11-17(16)18/h7-8,10-11,13,19H,2-6,9,12,14H2,1H3. The topological polar surface area (TPSA) is 25.2 Å². The number of nitrogens with zero attached hydrogens (tertiary/aromatic N) is 1. The van der Waals surface area contributed by atoms with Crippen LogP contribution in [0.5, 0.6) is 0 Å². The van der Waals surface area contributed by atoms with Gasteiger partial charge in [0.05, 0.1) is 6.61 Å². The lowest BCUT2D eigenvalue weighted by atomic mass is 10.1. The highest BCUT2D eigenvalue weighted by molar-refractivity contribution is 5.83. The fourth-order valence-electron chi connectivity index (χ4n) is 2.70. The van der Waals surface area contributed by atoms with Crippen molar-refractivity contribution in [1.29, 1.82) is 0 Å². The Bertz CT molecular complexity index is 501. The lowest BCUT2D eigenvalue weighted by Gasteiger charge is -2.05. The van der Waals surface area contributed by atoms with Crippen LogP contribution in [0.2, 0.25) is 0 Å². The number of para-hydroxylation sites is 1. The fraction of sp³-hybridized carbons (Fsp3) is 0.529. The van der Waals surface area contributed by atoms with Crippen molar-refractivity contribution in [3.05, 3.63) is 36.0 Å². The summed E-state index contributed by atoms with van der Waals surface area (Å²) in [5.41, 5.74) is 2.29. The zero-order chi connectivity index (χ0) is 13.5. The maximum atomic E-state index is 9.40. The van der Waals surface area contributed by atoms with E-state index in [0.717, 1.165) is 12.1 Å². The van der Waals surface area contributed by atoms with Crippen molar-refractivity contribution < 1.29 is 5.11 Å². The van der Waals surface area contributed by atoms with E-state index in [0.29, 0.717) is 0 Å². The number of aromatic nitrogens is 1. The molecular weight excluding hydrogens is 234 g/mol. The molecule has 0 amide bonds. The van der Waals surface area contributed by atoms with E-state index in [1.807, 2.05) is 6.07 Å². The van der Waals surface area contributed by atoms with Crippen LogP contribution in [-0.2, 0) is 13.2 Å². The monoisotopic (exact) mass is 259 g/mol. The Hall–Kier alpha value is -1.28. The highest BCUT2D eigenvalue weighted by atomic mass is 16.3. The summed E-state index contributed by atoms with van der Waals surface area (Å²) in [5, 5.41) is 10.6. The van der Waals surface area contributed by atoms with Crippen molar-refractivity contribution in [3.63, 3.8) is 0 Å². The summed E-state index contributed by atoms with van der Waals surface area (Å²) in [5.74, 6) is 0. The molecule has 1 aromatic carbocycles. The highest BCUT2D eigenvalue weighted by Gasteiger charge is 2.06. The number of aliphatic hydroxyl groups is 1. The molecule has 1 N–H and O–H groups in total. The second kappa shape index (κ2) is 7.34. The first kappa shape index (κ1) is 14.1. The maximum absolute atomic E-state index is 9.40. The highest BCUT2D eigenvalue weighted by Crippen LogP contribution is 2.22. The number of hydrogen-bond donors (Lipinski definition) is 1. The third-order valence-electron chi connectivity index (χ3n) is 3.79. The zero-order valence-electron chi connectivity index (χ0n) is 11.9. The van der Waals surface area contributed by atoms with Crippen molar-refractivity contribution in [2.24, 2.45) is 0 Å². The number of aryl methyl sites for hydroxylation is 1. The number of hydrogen-bond acceptors (Lipinski definition) is 1. The van der Waals surface area contributed by atoms with Gasteiger partial charge in [-0.05, 0) is 12.5 Å². The molecule has 2 heteroatoms. The SMILES string of the molecule is CCCCCCCCn1cc(CO)c2ccccc21. The molecule has 0 aliphatic carbocycles. The van der Waals surface area contributed by atoms with Gasteiger partial charge in [-0.2, -0.15) is 0 Å². The third kappa shape index (κ3) is 3.60. The van der Waals surface area contributed by atoms with Crippen LogP contribution in [0.15, 0.2) is 30.5 Å². The summed E-state index contributed by atoms with van der Waals surface area (Å²) in [6.45, 7) is 3.44. The minimum absolute atomic E-state index is 0.129. The Morgan fingerprint density at radius 3 is 2.53 bits per heavy atom. The van der Waals surface area contributed by atoms with Crippen LogP contribution in [0.4, 0.5) is 0 Å². The number of benzene rings is 1. The summed E-state index contributed by atoms with van der Waals surface area (Å²) in [4.78, 5) is 0. The number of aliphatic hydroxyl groups excluding tert-OH is 1. The molecule has 0 aliphatic rings. The molecular formula is C17H25NO. The molecule has 1 aromatic heterocycles. The van der Waals surface area contributed by atoms with E-state index in [9.17, 15) is 5.11 Å². The molecule has 0 bridgehead atoms. The van der Waals surface area contributed by atoms with E-state index >= 15 is 0 Å². The minimum atomic E-state index is 0.129. The zero-order valence-corrected chi connectivity index (χ0v) is 11.9. The van der Waals surface area contributed by atoms with Crippen LogP contribution < -0.4 is 0 Å². The van der Waals surface area contributed by atoms with E-state index < -0.39 is 0 Å². The molecule has 1 heterocycles. The van der Waals surface area contributed by atoms with Gasteiger partial charge in [0.1, 0.15) is 0 Å². The lowest BCUT2D eigenvalue weighted by Crippen LogP contribution is -1.96. The Kier molecular flexibility index (Phi) is 5.46. The molecule has 2 rings (SSSR count). The average Bonchev–Trinajstić information content (AvgIpc) is 2.81. The van der Waals surface area contributed by atoms with Gasteiger partial charge >= 0.3 is 0 Å². The number of unbranched alkanes of at least 4 members (excludes halogenated alkanes) is 5. The van der Waals surface area contributed by atoms with Crippen LogP contribution in [0.25, 0.3) is 10.9 Å². The molecule has 2 aromatic rings. The first-order valence-electron chi connectivity index (χ1n) is 7.54. The molecule has 0 fully saturated rings. The lowest BCUT2D eigenvalue weighted by molar-refractivity contribution is 0.283. The predicted octanol–water partition coefficient (Wildman–Crippen LogP) is 4.49. The number of fused-ring (bicyclic) bond motifs is 1. The van der Waals surface area contributed by atoms with Gasteiger partial charge in [0.2, 0.25) is 0 Å². The molecule has 0 radical (unpaired) electrons. The average molecular weight is 259 g/mol. The van der Waals surface area contributed by atoms with Gasteiger partial charge in [-0.3, -0.25) is 0 Å². The predicted molar refractivity (Wildman–Crippen MR) is 81.2 cm³/mol. The van der Waals surface area contributed by atoms with Crippen LogP contribution in [0.3, 0.4) is 0 Å². The molecule has 0 unspecified atom stereocenters. The van der Waals surface area contributed by atoms with Gasteiger partial charge in [0.15, 0.2) is 0 Å². The fourth-order valence-corrected chi connectivity index (χ4v) is 2.70. The second-order valence-corrected chi connectivity index (χ2v) is 5.29. The smallest absolute Gasteiger partial charge is 0.0702 e. The van der Waals surface area contributed by atoms with Crippen molar-refractivity contribution >= 4 is 10.9 Å². The van der Waals surface area contributed by atoms with Gasteiger partial charge in [0.25, 0.3) is 0 Å². The van der Waals surface area contributed by atoms with Gasteiger partial charge < -0.3 is 9.67 Å². The number of rotatable bonds is 8. The summed E-state index contributed by atoms with van der Waals surface area (Å²) in [6, 6.07) is 8.35. The van der Waals surface area contributed by atoms with Gasteiger partial charge in [-0.15, -0.1) is 0 Å². The Morgan fingerprint density at radius 2 is 1.74 bits per heavy atom. The molecule has 0 saturated carbocycles. The normalized spacial score (nSPS) is 11.3. The maximum Gasteiger partial charge on any atom is 0.0702 e. The van der Waals surface area contributed by atoms with E-state index in [2.05, 4.69) is 35.9 Å². The van der Waals surface area contributed by atoms with Crippen molar-refractivity contribution in [3.8, 4) is 0 Å². The molecule has 0 spiro atoms. The summed E-state index contributed by atoms with van der Waals surface area (Å²) >= 11 is 0. The van der Waals surface area contributed by atoms with Crippen LogP contribution in [0, 0.1) is 0 Å². The molecule has 2 nitrogen and oxygen atoms in total. The quantitative estimate of drug-likeness (QED) is 0.694. The second-order valence-electron chi connectivity index (χ2n) is 5.29. The minimum Gasteiger partial charge on any atom is -0.392 e. The van der Waals surface area contributed by atoms with Crippen molar-refractivity contribution in [2.75, 3.05) is 0 Å². The Labute approximate surface area is 116 Å². The van der Waals surface area contributed by atoms with Crippen LogP contribution in [0.1, 0.15) is 51.0 Å². The molecule has 0 saturated heterocycles. The first-order valence-corrected chi connectivity index (χ1v) is 7.54. The molecule has 0 aliphatic heterocycles. The summed E-state index contributed by atoms with van der Waals surface area (Å²) in [7, 11) is 0. The van der Waals surface area contributed by atoms with Gasteiger partial charge in [-0.25, -0.2) is 0 Å². The van der Waals surface area contributed by atoms with Crippen molar-refractivity contribution in [2.45, 2.75) is 58.6 Å².